The monoisotopic (exact) mass is 340 g/mol. The second kappa shape index (κ2) is 7.07. The molecular formula is C22H16N2O2. The Labute approximate surface area is 151 Å². The van der Waals surface area contributed by atoms with E-state index in [1.54, 1.807) is 18.2 Å². The smallest absolute Gasteiger partial charge is 0.221 e. The van der Waals surface area contributed by atoms with Crippen molar-refractivity contribution < 1.29 is 9.21 Å². The second-order valence-electron chi connectivity index (χ2n) is 5.75. The first-order valence-electron chi connectivity index (χ1n) is 8.28. The molecule has 126 valence electrons. The Bertz CT molecular complexity index is 1030. The van der Waals surface area contributed by atoms with Gasteiger partial charge in [-0.05, 0) is 36.4 Å². The number of allylic oxidation sites excluding steroid dienone is 1. The highest BCUT2D eigenvalue weighted by Crippen LogP contribution is 2.24. The number of hydrogen-bond acceptors (Lipinski definition) is 3. The zero-order valence-electron chi connectivity index (χ0n) is 13.9. The van der Waals surface area contributed by atoms with Gasteiger partial charge in [-0.15, -0.1) is 0 Å². The number of furan rings is 1. The zero-order valence-corrected chi connectivity index (χ0v) is 13.9. The maximum absolute atomic E-state index is 12.2. The molecule has 26 heavy (non-hydrogen) atoms. The molecule has 0 fully saturated rings. The van der Waals surface area contributed by atoms with Crippen LogP contribution in [0.3, 0.4) is 0 Å². The number of rotatable bonds is 5. The predicted octanol–water partition coefficient (Wildman–Crippen LogP) is 5.03. The van der Waals surface area contributed by atoms with Gasteiger partial charge in [-0.2, -0.15) is 5.10 Å². The molecule has 0 saturated carbocycles. The third kappa shape index (κ3) is 3.26. The lowest BCUT2D eigenvalue weighted by molar-refractivity contribution is 0.102. The van der Waals surface area contributed by atoms with E-state index in [9.17, 15) is 4.79 Å². The van der Waals surface area contributed by atoms with E-state index in [1.807, 2.05) is 71.5 Å². The molecule has 4 heteroatoms. The largest absolute Gasteiger partial charge is 0.461 e. The molecule has 4 rings (SSSR count). The zero-order chi connectivity index (χ0) is 17.8. The molecule has 0 N–H and O–H groups in total. The van der Waals surface area contributed by atoms with Gasteiger partial charge in [0.2, 0.25) is 5.78 Å². The molecule has 0 spiro atoms. The van der Waals surface area contributed by atoms with E-state index in [0.717, 1.165) is 22.5 Å². The molecular weight excluding hydrogens is 324 g/mol. The first-order valence-corrected chi connectivity index (χ1v) is 8.28. The average molecular weight is 340 g/mol. The highest BCUT2D eigenvalue weighted by atomic mass is 16.3. The van der Waals surface area contributed by atoms with Crippen LogP contribution in [0.25, 0.3) is 23.0 Å². The van der Waals surface area contributed by atoms with Gasteiger partial charge in [-0.1, -0.05) is 48.5 Å². The Morgan fingerprint density at radius 3 is 2.35 bits per heavy atom. The van der Waals surface area contributed by atoms with Crippen molar-refractivity contribution in [2.45, 2.75) is 0 Å². The Kier molecular flexibility index (Phi) is 4.31. The lowest BCUT2D eigenvalue weighted by Gasteiger charge is -2.00. The minimum atomic E-state index is -0.179. The van der Waals surface area contributed by atoms with E-state index in [2.05, 4.69) is 0 Å². The molecule has 0 aliphatic heterocycles. The van der Waals surface area contributed by atoms with Gasteiger partial charge in [0.1, 0.15) is 0 Å². The van der Waals surface area contributed by atoms with Gasteiger partial charge >= 0.3 is 0 Å². The molecule has 4 aromatic rings. The first-order chi connectivity index (χ1) is 12.8. The van der Waals surface area contributed by atoms with Crippen LogP contribution >= 0.6 is 0 Å². The fourth-order valence-corrected chi connectivity index (χ4v) is 2.71. The summed E-state index contributed by atoms with van der Waals surface area (Å²) in [5.41, 5.74) is 3.63. The topological polar surface area (TPSA) is 48.0 Å². The van der Waals surface area contributed by atoms with Gasteiger partial charge in [0, 0.05) is 17.3 Å². The lowest BCUT2D eigenvalue weighted by Crippen LogP contribution is -1.93. The molecule has 0 unspecified atom stereocenters. The van der Waals surface area contributed by atoms with E-state index in [1.165, 1.54) is 12.3 Å². The molecule has 2 heterocycles. The molecule has 4 nitrogen and oxygen atoms in total. The molecule has 0 aliphatic rings. The number of carbonyl (C=O) groups excluding carboxylic acids is 1. The summed E-state index contributed by atoms with van der Waals surface area (Å²) >= 11 is 0. The molecule has 0 atom stereocenters. The van der Waals surface area contributed by atoms with Gasteiger partial charge in [0.25, 0.3) is 0 Å². The second-order valence-corrected chi connectivity index (χ2v) is 5.75. The minimum Gasteiger partial charge on any atom is -0.461 e. The van der Waals surface area contributed by atoms with Crippen LogP contribution in [0.5, 0.6) is 0 Å². The van der Waals surface area contributed by atoms with Gasteiger partial charge in [0.15, 0.2) is 5.76 Å². The summed E-state index contributed by atoms with van der Waals surface area (Å²) < 4.78 is 6.97. The lowest BCUT2D eigenvalue weighted by atomic mass is 10.1. The van der Waals surface area contributed by atoms with Crippen molar-refractivity contribution >= 4 is 11.9 Å². The van der Waals surface area contributed by atoms with Gasteiger partial charge < -0.3 is 4.42 Å². The highest BCUT2D eigenvalue weighted by molar-refractivity contribution is 6.05. The Morgan fingerprint density at radius 2 is 1.65 bits per heavy atom. The minimum absolute atomic E-state index is 0.179. The number of nitrogens with zero attached hydrogens (tertiary/aromatic N) is 2. The summed E-state index contributed by atoms with van der Waals surface area (Å²) in [6.07, 6.45) is 6.70. The molecule has 2 aromatic heterocycles. The summed E-state index contributed by atoms with van der Waals surface area (Å²) in [6.45, 7) is 0. The summed E-state index contributed by atoms with van der Waals surface area (Å²) in [7, 11) is 0. The van der Waals surface area contributed by atoms with Crippen molar-refractivity contribution in [3.63, 3.8) is 0 Å². The van der Waals surface area contributed by atoms with E-state index in [0.29, 0.717) is 5.76 Å². The SMILES string of the molecule is O=C(/C=C/c1cn(-c2ccccc2)nc1-c1ccccc1)c1ccco1. The first kappa shape index (κ1) is 15.8. The van der Waals surface area contributed by atoms with E-state index in [-0.39, 0.29) is 5.78 Å². The molecule has 0 saturated heterocycles. The van der Waals surface area contributed by atoms with Gasteiger partial charge in [0.05, 0.1) is 17.6 Å². The van der Waals surface area contributed by atoms with Crippen LogP contribution in [0.4, 0.5) is 0 Å². The summed E-state index contributed by atoms with van der Waals surface area (Å²) in [4.78, 5) is 12.2. The Balaban J connectivity index is 1.74. The van der Waals surface area contributed by atoms with Gasteiger partial charge in [-0.3, -0.25) is 4.79 Å². The normalized spacial score (nSPS) is 11.1. The molecule has 0 bridgehead atoms. The average Bonchev–Trinajstić information content (AvgIpc) is 3.38. The Morgan fingerprint density at radius 1 is 0.923 bits per heavy atom. The number of para-hydroxylation sites is 1. The quantitative estimate of drug-likeness (QED) is 0.378. The molecule has 0 radical (unpaired) electrons. The van der Waals surface area contributed by atoms with Crippen molar-refractivity contribution in [2.24, 2.45) is 0 Å². The van der Waals surface area contributed by atoms with Crippen LogP contribution in [0.15, 0.2) is 95.7 Å². The van der Waals surface area contributed by atoms with E-state index in [4.69, 9.17) is 9.52 Å². The highest BCUT2D eigenvalue weighted by Gasteiger charge is 2.11. The van der Waals surface area contributed by atoms with Crippen LogP contribution in [0.1, 0.15) is 16.1 Å². The van der Waals surface area contributed by atoms with Crippen LogP contribution in [-0.2, 0) is 0 Å². The van der Waals surface area contributed by atoms with Crippen LogP contribution in [0, 0.1) is 0 Å². The number of ketones is 1. The van der Waals surface area contributed by atoms with Crippen molar-refractivity contribution in [3.05, 3.63) is 103 Å². The molecule has 0 amide bonds. The fraction of sp³-hybridized carbons (Fsp3) is 0. The van der Waals surface area contributed by atoms with Crippen LogP contribution in [0.2, 0.25) is 0 Å². The summed E-state index contributed by atoms with van der Waals surface area (Å²) in [5, 5.41) is 4.72. The fourth-order valence-electron chi connectivity index (χ4n) is 2.71. The summed E-state index contributed by atoms with van der Waals surface area (Å²) in [6, 6.07) is 23.1. The number of benzene rings is 2. The van der Waals surface area contributed by atoms with Crippen molar-refractivity contribution in [1.29, 1.82) is 0 Å². The van der Waals surface area contributed by atoms with Gasteiger partial charge in [-0.25, -0.2) is 4.68 Å². The van der Waals surface area contributed by atoms with Crippen LogP contribution < -0.4 is 0 Å². The van der Waals surface area contributed by atoms with Crippen molar-refractivity contribution in [3.8, 4) is 16.9 Å². The number of aromatic nitrogens is 2. The maximum atomic E-state index is 12.2. The van der Waals surface area contributed by atoms with Crippen molar-refractivity contribution in [2.75, 3.05) is 0 Å². The molecule has 0 aliphatic carbocycles. The van der Waals surface area contributed by atoms with E-state index >= 15 is 0 Å². The maximum Gasteiger partial charge on any atom is 0.221 e. The van der Waals surface area contributed by atoms with E-state index < -0.39 is 0 Å². The van der Waals surface area contributed by atoms with Crippen molar-refractivity contribution in [1.82, 2.24) is 9.78 Å². The number of hydrogen-bond donors (Lipinski definition) is 0. The molecule has 2 aromatic carbocycles. The predicted molar refractivity (Wildman–Crippen MR) is 101 cm³/mol. The summed E-state index contributed by atoms with van der Waals surface area (Å²) in [5.74, 6) is 0.138. The Hall–Kier alpha value is -3.66. The number of carbonyl (C=O) groups is 1. The third-order valence-corrected chi connectivity index (χ3v) is 3.99. The third-order valence-electron chi connectivity index (χ3n) is 3.99. The standard InChI is InChI=1S/C22H16N2O2/c25-20(21-12-7-15-26-21)14-13-18-16-24(19-10-5-2-6-11-19)23-22(18)17-8-3-1-4-9-17/h1-16H/b14-13+. The van der Waals surface area contributed by atoms with Crippen LogP contribution in [-0.4, -0.2) is 15.6 Å².